The van der Waals surface area contributed by atoms with Gasteiger partial charge in [0, 0.05) is 18.6 Å². The third-order valence-corrected chi connectivity index (χ3v) is 8.21. The third-order valence-electron chi connectivity index (χ3n) is 6.03. The van der Waals surface area contributed by atoms with Crippen molar-refractivity contribution < 1.29 is 59.8 Å². The van der Waals surface area contributed by atoms with Crippen molar-refractivity contribution in [3.05, 3.63) is 88.5 Å². The molecule has 0 aromatic heterocycles. The molecule has 8 heteroatoms. The molecule has 0 atom stereocenters. The average Bonchev–Trinajstić information content (AvgIpc) is 3.06. The molecule has 2 nitrogen and oxygen atoms in total. The topological polar surface area (TPSA) is 20.3 Å². The monoisotopic (exact) mass is 539 g/mol. The van der Waals surface area contributed by atoms with Crippen molar-refractivity contribution >= 4 is 25.6 Å². The molecule has 0 saturated carbocycles. The Bertz CT molecular complexity index is 1150. The van der Waals surface area contributed by atoms with E-state index in [2.05, 4.69) is 26.8 Å². The average molecular weight is 540 g/mol. The second kappa shape index (κ2) is 11.4. The van der Waals surface area contributed by atoms with E-state index in [1.54, 1.807) is 24.3 Å². The van der Waals surface area contributed by atoms with Crippen LogP contribution >= 0.6 is 0 Å². The van der Waals surface area contributed by atoms with Gasteiger partial charge in [-0.1, -0.05) is 60.2 Å². The predicted octanol–water partition coefficient (Wildman–Crippen LogP) is 0.551. The first kappa shape index (κ1) is 29.7. The molecule has 2 aromatic rings. The first-order valence-corrected chi connectivity index (χ1v) is 11.7. The maximum absolute atomic E-state index is 14.1. The van der Waals surface area contributed by atoms with E-state index in [1.165, 1.54) is 0 Å². The number of hydrogen-bond acceptors (Lipinski definition) is 1. The van der Waals surface area contributed by atoms with Gasteiger partial charge in [-0.15, -0.1) is 0 Å². The van der Waals surface area contributed by atoms with Crippen LogP contribution in [0.5, 0.6) is 0 Å². The van der Waals surface area contributed by atoms with E-state index in [0.29, 0.717) is 23.6 Å². The van der Waals surface area contributed by atoms with Gasteiger partial charge >= 0.3 is 30.6 Å². The third kappa shape index (κ3) is 5.66. The van der Waals surface area contributed by atoms with Crippen LogP contribution < -0.4 is 24.8 Å². The van der Waals surface area contributed by atoms with Crippen molar-refractivity contribution in [1.29, 1.82) is 0 Å². The summed E-state index contributed by atoms with van der Waals surface area (Å²) < 4.78 is 43.1. The summed E-state index contributed by atoms with van der Waals surface area (Å²) in [5, 5.41) is 0. The van der Waals surface area contributed by atoms with Gasteiger partial charge in [0.15, 0.2) is 0 Å². The molecule has 0 N–H and O–H groups in total. The molecular weight excluding hydrogens is 515 g/mol. The van der Waals surface area contributed by atoms with Gasteiger partial charge in [0.05, 0.1) is 5.57 Å². The molecule has 0 unspecified atom stereocenters. The molecule has 0 spiro atoms. The van der Waals surface area contributed by atoms with Crippen LogP contribution in [0.15, 0.2) is 66.3 Å². The molecule has 170 valence electrons. The Morgan fingerprint density at radius 3 is 1.94 bits per heavy atom. The molecule has 0 radical (unpaired) electrons. The minimum Gasteiger partial charge on any atom is -1.00 e. The Labute approximate surface area is 223 Å². The molecule has 4 rings (SSSR count). The number of halogens is 4. The van der Waals surface area contributed by atoms with Crippen LogP contribution in [0.1, 0.15) is 49.4 Å². The van der Waals surface area contributed by atoms with Crippen LogP contribution in [0, 0.1) is 0 Å². The van der Waals surface area contributed by atoms with Gasteiger partial charge in [0.25, 0.3) is 6.08 Å². The molecule has 0 heterocycles. The van der Waals surface area contributed by atoms with Crippen molar-refractivity contribution in [1.82, 2.24) is 4.57 Å². The van der Waals surface area contributed by atoms with E-state index in [-0.39, 0.29) is 57.6 Å². The molecule has 0 bridgehead atoms. The molecule has 0 aliphatic heterocycles. The van der Waals surface area contributed by atoms with E-state index >= 15 is 0 Å². The number of benzene rings is 2. The maximum atomic E-state index is 14.1. The molecule has 0 saturated heterocycles. The van der Waals surface area contributed by atoms with Gasteiger partial charge in [0.1, 0.15) is 0 Å². The first-order chi connectivity index (χ1) is 14.2. The first-order valence-electron chi connectivity index (χ1n) is 10.1. The van der Waals surface area contributed by atoms with Gasteiger partial charge < -0.3 is 33.8 Å². The van der Waals surface area contributed by atoms with Gasteiger partial charge in [-0.3, -0.25) is 0 Å². The Morgan fingerprint density at radius 2 is 1.42 bits per heavy atom. The Balaban J connectivity index is 0.00000181. The summed E-state index contributed by atoms with van der Waals surface area (Å²) in [6.07, 6.45) is 1.04. The standard InChI is InChI=1S/C25H25F2NOSi.2ClH.Ti/c1-25(2,3)28(4)30(29)15-16-13-21-17-9-5-7-11-19(17)23(24(26)27)20-12-8-6-10-18(20)22(21)14-16;;;/h5-13H,14-15H2,1-4H3;2*1H;/q;;;+4/p-2. The number of allylic oxidation sites excluding steroid dienone is 4. The fourth-order valence-corrected chi connectivity index (χ4v) is 5.80. The molecule has 0 amide bonds. The summed E-state index contributed by atoms with van der Waals surface area (Å²) in [6.45, 7) is 6.16. The van der Waals surface area contributed by atoms with Crippen LogP contribution in [0.3, 0.4) is 0 Å². The fourth-order valence-electron chi connectivity index (χ4n) is 4.19. The van der Waals surface area contributed by atoms with Crippen LogP contribution in [0.25, 0.3) is 16.7 Å². The van der Waals surface area contributed by atoms with Crippen LogP contribution in [-0.4, -0.2) is 26.0 Å². The Hall–Kier alpha value is -1.37. The van der Waals surface area contributed by atoms with Gasteiger partial charge in [0.2, 0.25) is 0 Å². The summed E-state index contributed by atoms with van der Waals surface area (Å²) in [6, 6.07) is 15.2. The zero-order chi connectivity index (χ0) is 21.6. The van der Waals surface area contributed by atoms with E-state index in [4.69, 9.17) is 0 Å². The molecule has 2 aliphatic rings. The smallest absolute Gasteiger partial charge is 1.00 e. The van der Waals surface area contributed by atoms with Crippen molar-refractivity contribution in [2.75, 3.05) is 7.05 Å². The van der Waals surface area contributed by atoms with E-state index in [0.717, 1.165) is 27.8 Å². The number of fused-ring (bicyclic) bond motifs is 4. The molecule has 2 aromatic carbocycles. The second-order valence-corrected chi connectivity index (χ2v) is 10.7. The second-order valence-electron chi connectivity index (χ2n) is 8.90. The summed E-state index contributed by atoms with van der Waals surface area (Å²) in [5.41, 5.74) is 5.69. The van der Waals surface area contributed by atoms with Crippen molar-refractivity contribution in [2.45, 2.75) is 38.8 Å². The van der Waals surface area contributed by atoms with Crippen LogP contribution in [-0.2, 0) is 26.2 Å². The van der Waals surface area contributed by atoms with E-state index in [9.17, 15) is 13.2 Å². The molecule has 2 aliphatic carbocycles. The zero-order valence-corrected chi connectivity index (χ0v) is 23.1. The van der Waals surface area contributed by atoms with Crippen LogP contribution in [0.2, 0.25) is 6.04 Å². The normalized spacial score (nSPS) is 13.8. The fraction of sp³-hybridized carbons (Fsp3) is 0.280. The van der Waals surface area contributed by atoms with E-state index < -0.39 is 14.9 Å². The summed E-state index contributed by atoms with van der Waals surface area (Å²) >= 11 is 0. The zero-order valence-electron chi connectivity index (χ0n) is 19.0. The molecule has 0 fully saturated rings. The molecule has 33 heavy (non-hydrogen) atoms. The van der Waals surface area contributed by atoms with Gasteiger partial charge in [-0.2, -0.15) is 8.78 Å². The van der Waals surface area contributed by atoms with Gasteiger partial charge in [-0.05, 0) is 60.6 Å². The molecular formula is C25H25Cl2F2NOSiTi+2. The number of nitrogens with zero attached hydrogens (tertiary/aromatic N) is 1. The SMILES string of the molecule is CN([Si](=O)CC1=CC2=C(C1)c1ccccc1C(=C(F)F)c1ccccc12)C(C)(C)C.[Cl-].[Cl-].[Ti+4]. The maximum Gasteiger partial charge on any atom is 4.00 e. The summed E-state index contributed by atoms with van der Waals surface area (Å²) in [5.74, 6) is 0. The van der Waals surface area contributed by atoms with Gasteiger partial charge in [-0.25, -0.2) is 0 Å². The largest absolute Gasteiger partial charge is 4.00 e. The van der Waals surface area contributed by atoms with E-state index in [1.807, 2.05) is 35.9 Å². The minimum atomic E-state index is -1.98. The quantitative estimate of drug-likeness (QED) is 0.531. The summed E-state index contributed by atoms with van der Waals surface area (Å²) in [4.78, 5) is 0. The Kier molecular flexibility index (Phi) is 10.2. The van der Waals surface area contributed by atoms with Crippen molar-refractivity contribution in [3.8, 4) is 0 Å². The summed E-state index contributed by atoms with van der Waals surface area (Å²) in [7, 11) is -0.0734. The van der Waals surface area contributed by atoms with Crippen molar-refractivity contribution in [2.24, 2.45) is 0 Å². The number of rotatable bonds is 3. The minimum absolute atomic E-state index is 0. The predicted molar refractivity (Wildman–Crippen MR) is 119 cm³/mol. The number of hydrogen-bond donors (Lipinski definition) is 0. The Morgan fingerprint density at radius 1 is 0.939 bits per heavy atom. The van der Waals surface area contributed by atoms with Crippen LogP contribution in [0.4, 0.5) is 8.78 Å². The van der Waals surface area contributed by atoms with Crippen molar-refractivity contribution in [3.63, 3.8) is 0 Å².